The lowest BCUT2D eigenvalue weighted by Gasteiger charge is -2.05. The van der Waals surface area contributed by atoms with Crippen molar-refractivity contribution in [2.75, 3.05) is 7.11 Å². The molecule has 3 rings (SSSR count). The minimum atomic E-state index is -0.433. The van der Waals surface area contributed by atoms with Gasteiger partial charge in [-0.2, -0.15) is 0 Å². The smallest absolute Gasteiger partial charge is 0.338 e. The Balaban J connectivity index is 1.70. The van der Waals surface area contributed by atoms with Crippen LogP contribution in [0.4, 0.5) is 0 Å². The second-order valence-electron chi connectivity index (χ2n) is 5.20. The molecule has 0 bridgehead atoms. The van der Waals surface area contributed by atoms with Gasteiger partial charge in [-0.3, -0.25) is 0 Å². The molecule has 0 amide bonds. The van der Waals surface area contributed by atoms with Crippen molar-refractivity contribution in [3.63, 3.8) is 0 Å². The van der Waals surface area contributed by atoms with E-state index in [1.807, 2.05) is 30.3 Å². The standard InChI is InChI=1S/C19H17NO4/c1-13-17(20-18(24-13)14-7-4-3-5-8-14)12-23-19(21)15-9-6-10-16(11-15)22-2/h3-11H,12H2,1-2H3. The zero-order valence-corrected chi connectivity index (χ0v) is 13.5. The molecule has 0 atom stereocenters. The number of ether oxygens (including phenoxy) is 2. The zero-order chi connectivity index (χ0) is 16.9. The first-order valence-corrected chi connectivity index (χ1v) is 7.50. The van der Waals surface area contributed by atoms with E-state index in [2.05, 4.69) is 4.98 Å². The van der Waals surface area contributed by atoms with Crippen LogP contribution < -0.4 is 4.74 Å². The van der Waals surface area contributed by atoms with Crippen LogP contribution in [-0.2, 0) is 11.3 Å². The quantitative estimate of drug-likeness (QED) is 0.664. The van der Waals surface area contributed by atoms with Crippen LogP contribution in [0.1, 0.15) is 21.8 Å². The number of hydrogen-bond donors (Lipinski definition) is 0. The third kappa shape index (κ3) is 3.46. The van der Waals surface area contributed by atoms with E-state index in [0.717, 1.165) is 5.56 Å². The largest absolute Gasteiger partial charge is 0.497 e. The summed E-state index contributed by atoms with van der Waals surface area (Å²) in [5.41, 5.74) is 1.91. The minimum absolute atomic E-state index is 0.0538. The van der Waals surface area contributed by atoms with Crippen molar-refractivity contribution in [3.8, 4) is 17.2 Å². The number of aryl methyl sites for hydroxylation is 1. The molecule has 24 heavy (non-hydrogen) atoms. The Morgan fingerprint density at radius 1 is 1.12 bits per heavy atom. The van der Waals surface area contributed by atoms with Crippen molar-refractivity contribution >= 4 is 5.97 Å². The van der Waals surface area contributed by atoms with E-state index in [9.17, 15) is 4.79 Å². The Kier molecular flexibility index (Phi) is 4.61. The van der Waals surface area contributed by atoms with Crippen LogP contribution in [0.15, 0.2) is 59.0 Å². The fourth-order valence-electron chi connectivity index (χ4n) is 2.23. The number of aromatic nitrogens is 1. The van der Waals surface area contributed by atoms with Gasteiger partial charge >= 0.3 is 5.97 Å². The summed E-state index contributed by atoms with van der Waals surface area (Å²) in [7, 11) is 1.55. The summed E-state index contributed by atoms with van der Waals surface area (Å²) >= 11 is 0. The van der Waals surface area contributed by atoms with Gasteiger partial charge in [0, 0.05) is 5.56 Å². The molecule has 0 N–H and O–H groups in total. The molecule has 5 nitrogen and oxygen atoms in total. The summed E-state index contributed by atoms with van der Waals surface area (Å²) in [6.07, 6.45) is 0. The van der Waals surface area contributed by atoms with Crippen molar-refractivity contribution in [3.05, 3.63) is 71.6 Å². The summed E-state index contributed by atoms with van der Waals surface area (Å²) < 4.78 is 16.1. The van der Waals surface area contributed by atoms with Gasteiger partial charge < -0.3 is 13.9 Å². The highest BCUT2D eigenvalue weighted by Gasteiger charge is 2.14. The molecule has 0 aliphatic heterocycles. The van der Waals surface area contributed by atoms with E-state index >= 15 is 0 Å². The maximum atomic E-state index is 12.1. The monoisotopic (exact) mass is 323 g/mol. The van der Waals surface area contributed by atoms with Crippen molar-refractivity contribution in [1.82, 2.24) is 4.98 Å². The fraction of sp³-hybridized carbons (Fsp3) is 0.158. The Labute approximate surface area is 139 Å². The van der Waals surface area contributed by atoms with E-state index < -0.39 is 5.97 Å². The van der Waals surface area contributed by atoms with Gasteiger partial charge in [0.1, 0.15) is 23.8 Å². The number of esters is 1. The summed E-state index contributed by atoms with van der Waals surface area (Å²) in [6, 6.07) is 16.4. The van der Waals surface area contributed by atoms with Crippen LogP contribution in [0, 0.1) is 6.92 Å². The van der Waals surface area contributed by atoms with Crippen LogP contribution in [-0.4, -0.2) is 18.1 Å². The third-order valence-corrected chi connectivity index (χ3v) is 3.56. The number of oxazole rings is 1. The van der Waals surface area contributed by atoms with E-state index in [4.69, 9.17) is 13.9 Å². The topological polar surface area (TPSA) is 61.6 Å². The van der Waals surface area contributed by atoms with Crippen molar-refractivity contribution in [2.24, 2.45) is 0 Å². The lowest BCUT2D eigenvalue weighted by molar-refractivity contribution is 0.0466. The van der Waals surface area contributed by atoms with E-state index in [1.54, 1.807) is 38.3 Å². The highest BCUT2D eigenvalue weighted by atomic mass is 16.5. The predicted octanol–water partition coefficient (Wildman–Crippen LogP) is 4.02. The normalized spacial score (nSPS) is 10.4. The van der Waals surface area contributed by atoms with E-state index in [0.29, 0.717) is 28.7 Å². The molecule has 3 aromatic rings. The molecule has 0 saturated heterocycles. The molecule has 0 aliphatic rings. The molecule has 0 spiro atoms. The number of benzene rings is 2. The highest BCUT2D eigenvalue weighted by Crippen LogP contribution is 2.22. The summed E-state index contributed by atoms with van der Waals surface area (Å²) in [6.45, 7) is 1.85. The van der Waals surface area contributed by atoms with E-state index in [1.165, 1.54) is 0 Å². The van der Waals surface area contributed by atoms with Gasteiger partial charge in [-0.15, -0.1) is 0 Å². The first kappa shape index (κ1) is 15.8. The van der Waals surface area contributed by atoms with Gasteiger partial charge in [0.05, 0.1) is 12.7 Å². The lowest BCUT2D eigenvalue weighted by Crippen LogP contribution is -2.06. The molecule has 122 valence electrons. The van der Waals surface area contributed by atoms with Crippen LogP contribution in [0.2, 0.25) is 0 Å². The van der Waals surface area contributed by atoms with Crippen LogP contribution in [0.25, 0.3) is 11.5 Å². The molecule has 0 radical (unpaired) electrons. The Bertz CT molecular complexity index is 840. The molecular weight excluding hydrogens is 306 g/mol. The Hall–Kier alpha value is -3.08. The number of nitrogens with zero attached hydrogens (tertiary/aromatic N) is 1. The number of rotatable bonds is 5. The van der Waals surface area contributed by atoms with Crippen molar-refractivity contribution in [2.45, 2.75) is 13.5 Å². The van der Waals surface area contributed by atoms with Gasteiger partial charge in [0.15, 0.2) is 0 Å². The molecule has 1 heterocycles. The maximum Gasteiger partial charge on any atom is 0.338 e. The molecular formula is C19H17NO4. The fourth-order valence-corrected chi connectivity index (χ4v) is 2.23. The van der Waals surface area contributed by atoms with Crippen LogP contribution >= 0.6 is 0 Å². The van der Waals surface area contributed by atoms with Gasteiger partial charge in [-0.05, 0) is 37.3 Å². The molecule has 0 unspecified atom stereocenters. The second kappa shape index (κ2) is 7.00. The van der Waals surface area contributed by atoms with Gasteiger partial charge in [0.25, 0.3) is 0 Å². The second-order valence-corrected chi connectivity index (χ2v) is 5.20. The average molecular weight is 323 g/mol. The van der Waals surface area contributed by atoms with E-state index in [-0.39, 0.29) is 6.61 Å². The Morgan fingerprint density at radius 3 is 2.67 bits per heavy atom. The van der Waals surface area contributed by atoms with Crippen LogP contribution in [0.5, 0.6) is 5.75 Å². The van der Waals surface area contributed by atoms with Gasteiger partial charge in [-0.25, -0.2) is 9.78 Å². The summed E-state index contributed by atoms with van der Waals surface area (Å²) in [5, 5.41) is 0. The zero-order valence-electron chi connectivity index (χ0n) is 13.5. The average Bonchev–Trinajstić information content (AvgIpc) is 3.01. The Morgan fingerprint density at radius 2 is 1.92 bits per heavy atom. The van der Waals surface area contributed by atoms with Crippen molar-refractivity contribution < 1.29 is 18.7 Å². The molecule has 2 aromatic carbocycles. The number of carbonyl (C=O) groups excluding carboxylic acids is 1. The third-order valence-electron chi connectivity index (χ3n) is 3.56. The number of hydrogen-bond acceptors (Lipinski definition) is 5. The lowest BCUT2D eigenvalue weighted by atomic mass is 10.2. The SMILES string of the molecule is COc1cccc(C(=O)OCc2nc(-c3ccccc3)oc2C)c1. The molecule has 0 saturated carbocycles. The van der Waals surface area contributed by atoms with Crippen molar-refractivity contribution in [1.29, 1.82) is 0 Å². The van der Waals surface area contributed by atoms with Gasteiger partial charge in [0.2, 0.25) is 5.89 Å². The number of methoxy groups -OCH3 is 1. The minimum Gasteiger partial charge on any atom is -0.497 e. The number of carbonyl (C=O) groups is 1. The summed E-state index contributed by atoms with van der Waals surface area (Å²) in [4.78, 5) is 16.5. The molecule has 1 aromatic heterocycles. The summed E-state index contributed by atoms with van der Waals surface area (Å²) in [5.74, 6) is 1.32. The first-order chi connectivity index (χ1) is 11.7. The van der Waals surface area contributed by atoms with Gasteiger partial charge in [-0.1, -0.05) is 24.3 Å². The molecule has 5 heteroatoms. The van der Waals surface area contributed by atoms with Crippen LogP contribution in [0.3, 0.4) is 0 Å². The molecule has 0 aliphatic carbocycles. The first-order valence-electron chi connectivity index (χ1n) is 7.50. The highest BCUT2D eigenvalue weighted by molar-refractivity contribution is 5.89. The maximum absolute atomic E-state index is 12.1. The molecule has 0 fully saturated rings. The predicted molar refractivity (Wildman–Crippen MR) is 88.8 cm³/mol.